The Labute approximate surface area is 88.0 Å². The van der Waals surface area contributed by atoms with Gasteiger partial charge in [0, 0.05) is 17.3 Å². The summed E-state index contributed by atoms with van der Waals surface area (Å²) in [5.41, 5.74) is 9.07. The van der Waals surface area contributed by atoms with Crippen LogP contribution in [0.15, 0.2) is 10.9 Å². The summed E-state index contributed by atoms with van der Waals surface area (Å²) in [6.45, 7) is 0. The van der Waals surface area contributed by atoms with Gasteiger partial charge in [0.05, 0.1) is 17.3 Å². The van der Waals surface area contributed by atoms with Gasteiger partial charge in [-0.3, -0.25) is 0 Å². The Morgan fingerprint density at radius 2 is 2.29 bits per heavy atom. The van der Waals surface area contributed by atoms with E-state index in [0.717, 1.165) is 37.8 Å². The molecule has 0 spiro atoms. The van der Waals surface area contributed by atoms with E-state index >= 15 is 0 Å². The van der Waals surface area contributed by atoms with E-state index in [-0.39, 0.29) is 11.6 Å². The number of thiazole rings is 1. The summed E-state index contributed by atoms with van der Waals surface area (Å²) in [7, 11) is 0. The number of hydrogen-bond donors (Lipinski definition) is 2. The van der Waals surface area contributed by atoms with Crippen molar-refractivity contribution >= 4 is 11.3 Å². The van der Waals surface area contributed by atoms with Crippen LogP contribution >= 0.6 is 11.3 Å². The van der Waals surface area contributed by atoms with Crippen LogP contribution in [-0.2, 0) is 6.42 Å². The standard InChI is InChI=1S/C10H16N2OS/c11-10(3-1-9(13)2-4-10)5-8-6-14-7-12-8/h6-7,9,13H,1-5,11H2. The molecule has 14 heavy (non-hydrogen) atoms. The van der Waals surface area contributed by atoms with Crippen LogP contribution in [0.1, 0.15) is 31.4 Å². The van der Waals surface area contributed by atoms with E-state index in [0.29, 0.717) is 0 Å². The molecule has 0 radical (unpaired) electrons. The molecular weight excluding hydrogens is 196 g/mol. The maximum Gasteiger partial charge on any atom is 0.0794 e. The fourth-order valence-electron chi connectivity index (χ4n) is 2.04. The zero-order valence-corrected chi connectivity index (χ0v) is 8.96. The highest BCUT2D eigenvalue weighted by atomic mass is 32.1. The number of aromatic nitrogens is 1. The number of nitrogens with zero attached hydrogens (tertiary/aromatic N) is 1. The molecule has 3 nitrogen and oxygen atoms in total. The second-order valence-corrected chi connectivity index (χ2v) is 4.97. The number of hydrogen-bond acceptors (Lipinski definition) is 4. The molecule has 2 rings (SSSR count). The Hall–Kier alpha value is -0.450. The van der Waals surface area contributed by atoms with Gasteiger partial charge in [0.2, 0.25) is 0 Å². The predicted octanol–water partition coefficient (Wildman–Crippen LogP) is 1.32. The van der Waals surface area contributed by atoms with Crippen molar-refractivity contribution in [3.63, 3.8) is 0 Å². The molecule has 1 aromatic heterocycles. The van der Waals surface area contributed by atoms with Crippen molar-refractivity contribution in [3.05, 3.63) is 16.6 Å². The van der Waals surface area contributed by atoms with Crippen LogP contribution in [0.25, 0.3) is 0 Å². The predicted molar refractivity (Wildman–Crippen MR) is 57.2 cm³/mol. The molecule has 3 N–H and O–H groups in total. The molecular formula is C10H16N2OS. The van der Waals surface area contributed by atoms with E-state index in [4.69, 9.17) is 5.73 Å². The highest BCUT2D eigenvalue weighted by Crippen LogP contribution is 2.29. The minimum absolute atomic E-state index is 0.132. The summed E-state index contributed by atoms with van der Waals surface area (Å²) in [4.78, 5) is 4.25. The Balaban J connectivity index is 1.96. The van der Waals surface area contributed by atoms with Gasteiger partial charge < -0.3 is 10.8 Å². The largest absolute Gasteiger partial charge is 0.393 e. The van der Waals surface area contributed by atoms with Crippen LogP contribution < -0.4 is 5.73 Å². The molecule has 0 aromatic carbocycles. The second-order valence-electron chi connectivity index (χ2n) is 4.25. The summed E-state index contributed by atoms with van der Waals surface area (Å²) in [5, 5.41) is 11.5. The van der Waals surface area contributed by atoms with Crippen LogP contribution in [-0.4, -0.2) is 21.7 Å². The van der Waals surface area contributed by atoms with Crippen molar-refractivity contribution in [2.75, 3.05) is 0 Å². The average molecular weight is 212 g/mol. The molecule has 0 aliphatic heterocycles. The molecule has 0 bridgehead atoms. The van der Waals surface area contributed by atoms with E-state index in [1.54, 1.807) is 11.3 Å². The van der Waals surface area contributed by atoms with Gasteiger partial charge in [0.15, 0.2) is 0 Å². The second kappa shape index (κ2) is 3.96. The number of rotatable bonds is 2. The Morgan fingerprint density at radius 3 is 2.86 bits per heavy atom. The first-order valence-corrected chi connectivity index (χ1v) is 5.96. The SMILES string of the molecule is NC1(Cc2cscn2)CCC(O)CC1. The van der Waals surface area contributed by atoms with Crippen molar-refractivity contribution < 1.29 is 5.11 Å². The number of nitrogens with two attached hydrogens (primary N) is 1. The Bertz CT molecular complexity index is 278. The van der Waals surface area contributed by atoms with Crippen LogP contribution in [0.5, 0.6) is 0 Å². The normalized spacial score (nSPS) is 33.1. The molecule has 1 aromatic rings. The third-order valence-corrected chi connectivity index (χ3v) is 3.60. The lowest BCUT2D eigenvalue weighted by Gasteiger charge is -2.35. The maximum atomic E-state index is 9.40. The van der Waals surface area contributed by atoms with E-state index in [1.165, 1.54) is 0 Å². The van der Waals surface area contributed by atoms with Crippen molar-refractivity contribution in [1.82, 2.24) is 4.98 Å². The van der Waals surface area contributed by atoms with Crippen molar-refractivity contribution in [3.8, 4) is 0 Å². The monoisotopic (exact) mass is 212 g/mol. The van der Waals surface area contributed by atoms with Gasteiger partial charge in [-0.05, 0) is 25.7 Å². The van der Waals surface area contributed by atoms with Gasteiger partial charge in [-0.15, -0.1) is 11.3 Å². The third-order valence-electron chi connectivity index (χ3n) is 2.97. The van der Waals surface area contributed by atoms with Gasteiger partial charge in [-0.2, -0.15) is 0 Å². The summed E-state index contributed by atoms with van der Waals surface area (Å²) in [5.74, 6) is 0. The van der Waals surface area contributed by atoms with Gasteiger partial charge in [0.25, 0.3) is 0 Å². The van der Waals surface area contributed by atoms with E-state index in [1.807, 2.05) is 5.51 Å². The van der Waals surface area contributed by atoms with Gasteiger partial charge in [-0.1, -0.05) is 0 Å². The molecule has 0 amide bonds. The minimum atomic E-state index is -0.137. The van der Waals surface area contributed by atoms with Gasteiger partial charge in [0.1, 0.15) is 0 Å². The lowest BCUT2D eigenvalue weighted by Crippen LogP contribution is -2.46. The third kappa shape index (κ3) is 2.32. The van der Waals surface area contributed by atoms with E-state index in [2.05, 4.69) is 10.4 Å². The fourth-order valence-corrected chi connectivity index (χ4v) is 2.60. The molecule has 78 valence electrons. The first kappa shape index (κ1) is 10.1. The molecule has 0 atom stereocenters. The molecule has 1 aliphatic rings. The zero-order valence-electron chi connectivity index (χ0n) is 8.15. The quantitative estimate of drug-likeness (QED) is 0.777. The summed E-state index contributed by atoms with van der Waals surface area (Å²) in [6.07, 6.45) is 4.20. The average Bonchev–Trinajstić information content (AvgIpc) is 2.63. The Kier molecular flexibility index (Phi) is 2.85. The van der Waals surface area contributed by atoms with Crippen LogP contribution in [0.4, 0.5) is 0 Å². The topological polar surface area (TPSA) is 59.1 Å². The highest BCUT2D eigenvalue weighted by Gasteiger charge is 2.31. The molecule has 1 fully saturated rings. The van der Waals surface area contributed by atoms with Crippen LogP contribution in [0.2, 0.25) is 0 Å². The van der Waals surface area contributed by atoms with E-state index in [9.17, 15) is 5.11 Å². The van der Waals surface area contributed by atoms with Crippen LogP contribution in [0, 0.1) is 0 Å². The fraction of sp³-hybridized carbons (Fsp3) is 0.700. The molecule has 4 heteroatoms. The Morgan fingerprint density at radius 1 is 1.57 bits per heavy atom. The van der Waals surface area contributed by atoms with Crippen LogP contribution in [0.3, 0.4) is 0 Å². The molecule has 1 heterocycles. The van der Waals surface area contributed by atoms with Gasteiger partial charge >= 0.3 is 0 Å². The molecule has 1 aliphatic carbocycles. The summed E-state index contributed by atoms with van der Waals surface area (Å²) < 4.78 is 0. The van der Waals surface area contributed by atoms with E-state index < -0.39 is 0 Å². The molecule has 0 saturated heterocycles. The lowest BCUT2D eigenvalue weighted by atomic mass is 9.78. The number of aliphatic hydroxyl groups is 1. The van der Waals surface area contributed by atoms with Gasteiger partial charge in [-0.25, -0.2) is 4.98 Å². The molecule has 1 saturated carbocycles. The molecule has 0 unspecified atom stereocenters. The zero-order chi connectivity index (χ0) is 10.0. The smallest absolute Gasteiger partial charge is 0.0794 e. The van der Waals surface area contributed by atoms with Crippen molar-refractivity contribution in [1.29, 1.82) is 0 Å². The lowest BCUT2D eigenvalue weighted by molar-refractivity contribution is 0.0970. The maximum absolute atomic E-state index is 9.40. The van der Waals surface area contributed by atoms with Crippen molar-refractivity contribution in [2.45, 2.75) is 43.7 Å². The summed E-state index contributed by atoms with van der Waals surface area (Å²) in [6, 6.07) is 0. The first-order valence-electron chi connectivity index (χ1n) is 5.02. The first-order chi connectivity index (χ1) is 6.68. The van der Waals surface area contributed by atoms with Crippen molar-refractivity contribution in [2.24, 2.45) is 5.73 Å². The summed E-state index contributed by atoms with van der Waals surface area (Å²) >= 11 is 1.61. The minimum Gasteiger partial charge on any atom is -0.393 e. The highest BCUT2D eigenvalue weighted by molar-refractivity contribution is 7.07. The number of aliphatic hydroxyl groups excluding tert-OH is 1.